The molecule has 0 spiro atoms. The Hall–Kier alpha value is -5.06. The molecule has 0 saturated carbocycles. The van der Waals surface area contributed by atoms with Crippen molar-refractivity contribution >= 4 is 24.7 Å². The normalized spacial score (nSPS) is 10.6. The van der Waals surface area contributed by atoms with Crippen molar-refractivity contribution in [2.75, 3.05) is 4.90 Å². The van der Waals surface area contributed by atoms with Gasteiger partial charge in [-0.05, 0) is 58.1 Å². The molecule has 191 valence electrons. The fraction of sp³-hybridized carbons (Fsp3) is 0. The van der Waals surface area contributed by atoms with Crippen molar-refractivity contribution in [3.05, 3.63) is 158 Å². The first-order valence-corrected chi connectivity index (χ1v) is 13.2. The van der Waals surface area contributed by atoms with Gasteiger partial charge in [-0.1, -0.05) is 127 Å². The maximum Gasteiger partial charge on any atom is 0.569 e. The van der Waals surface area contributed by atoms with Crippen molar-refractivity contribution in [1.29, 1.82) is 0 Å². The zero-order chi connectivity index (χ0) is 27.1. The Labute approximate surface area is 235 Å². The quantitative estimate of drug-likeness (QED) is 0.205. The Balaban J connectivity index is 1.42. The van der Waals surface area contributed by atoms with Gasteiger partial charge < -0.3 is 14.6 Å². The molecule has 40 heavy (non-hydrogen) atoms. The number of anilines is 3. The van der Waals surface area contributed by atoms with Crippen LogP contribution < -0.4 is 9.55 Å². The molecule has 6 rings (SSSR count). The van der Waals surface area contributed by atoms with Crippen LogP contribution in [0.25, 0.3) is 33.4 Å². The van der Waals surface area contributed by atoms with Crippen molar-refractivity contribution in [3.8, 4) is 39.1 Å². The van der Waals surface area contributed by atoms with E-state index in [1.807, 2.05) is 54.6 Å². The second-order valence-corrected chi connectivity index (χ2v) is 9.40. The van der Waals surface area contributed by atoms with Crippen LogP contribution >= 0.6 is 0 Å². The van der Waals surface area contributed by atoms with Gasteiger partial charge in [-0.15, -0.1) is 0 Å². The van der Waals surface area contributed by atoms with Crippen molar-refractivity contribution in [2.24, 2.45) is 0 Å². The van der Waals surface area contributed by atoms with Gasteiger partial charge in [0, 0.05) is 11.3 Å². The van der Waals surface area contributed by atoms with Crippen LogP contribution in [0.3, 0.4) is 0 Å². The van der Waals surface area contributed by atoms with Crippen LogP contribution in [0.5, 0.6) is 5.75 Å². The number of nitrogens with zero attached hydrogens (tertiary/aromatic N) is 1. The second kappa shape index (κ2) is 11.8. The monoisotopic (exact) mass is 516 g/mol. The van der Waals surface area contributed by atoms with Crippen molar-refractivity contribution in [3.63, 3.8) is 0 Å². The molecular formula is C36H27BNO2. The molecule has 0 aromatic heterocycles. The van der Waals surface area contributed by atoms with E-state index >= 15 is 0 Å². The smallest absolute Gasteiger partial charge is 0.536 e. The lowest BCUT2D eigenvalue weighted by Gasteiger charge is -2.29. The predicted octanol–water partition coefficient (Wildman–Crippen LogP) is 9.06. The Morgan fingerprint density at radius 2 is 0.875 bits per heavy atom. The van der Waals surface area contributed by atoms with E-state index in [2.05, 4.69) is 108 Å². The minimum atomic E-state index is 0.549. The van der Waals surface area contributed by atoms with Crippen LogP contribution in [0.1, 0.15) is 0 Å². The van der Waals surface area contributed by atoms with Crippen LogP contribution in [-0.2, 0) is 0 Å². The average Bonchev–Trinajstić information content (AvgIpc) is 3.04. The summed E-state index contributed by atoms with van der Waals surface area (Å²) in [5, 5.41) is 9.49. The number of para-hydroxylation sites is 3. The molecule has 4 heteroatoms. The Bertz CT molecular complexity index is 1690. The molecule has 0 heterocycles. The number of rotatable bonds is 8. The van der Waals surface area contributed by atoms with Gasteiger partial charge in [-0.25, -0.2) is 0 Å². The lowest BCUT2D eigenvalue weighted by atomic mass is 9.99. The zero-order valence-electron chi connectivity index (χ0n) is 21.9. The van der Waals surface area contributed by atoms with E-state index in [0.717, 1.165) is 47.0 Å². The first-order valence-electron chi connectivity index (χ1n) is 13.2. The lowest BCUT2D eigenvalue weighted by Crippen LogP contribution is -2.13. The van der Waals surface area contributed by atoms with E-state index in [1.165, 1.54) is 11.1 Å². The van der Waals surface area contributed by atoms with Gasteiger partial charge in [0.05, 0.1) is 11.4 Å². The minimum Gasteiger partial charge on any atom is -0.536 e. The topological polar surface area (TPSA) is 32.7 Å². The highest BCUT2D eigenvalue weighted by molar-refractivity contribution is 6.17. The standard InChI is InChI=1S/C36H27BNO2/c39-37-40-36-18-10-9-17-35(36)38(34-16-8-7-15-33(34)31-13-5-2-6-14-31)32-25-23-30(24-26-32)29-21-19-28(20-22-29)27-11-3-1-4-12-27/h1-26,39H. The summed E-state index contributed by atoms with van der Waals surface area (Å²) in [6.07, 6.45) is 0. The van der Waals surface area contributed by atoms with Gasteiger partial charge in [0.1, 0.15) is 5.75 Å². The van der Waals surface area contributed by atoms with Gasteiger partial charge in [0.15, 0.2) is 0 Å². The predicted molar refractivity (Wildman–Crippen MR) is 166 cm³/mol. The summed E-state index contributed by atoms with van der Waals surface area (Å²) in [7, 11) is 0.725. The maximum atomic E-state index is 9.49. The molecule has 0 unspecified atom stereocenters. The summed E-state index contributed by atoms with van der Waals surface area (Å²) in [6.45, 7) is 0. The zero-order valence-corrected chi connectivity index (χ0v) is 21.9. The summed E-state index contributed by atoms with van der Waals surface area (Å²) in [4.78, 5) is 2.17. The SMILES string of the molecule is O[B]Oc1ccccc1N(c1ccc(-c2ccc(-c3ccccc3)cc2)cc1)c1ccccc1-c1ccccc1. The molecule has 0 fully saturated rings. The molecule has 6 aromatic rings. The summed E-state index contributed by atoms with van der Waals surface area (Å²) in [5.41, 5.74) is 9.69. The summed E-state index contributed by atoms with van der Waals surface area (Å²) in [6, 6.07) is 54.0. The Morgan fingerprint density at radius 3 is 1.48 bits per heavy atom. The Morgan fingerprint density at radius 1 is 0.425 bits per heavy atom. The van der Waals surface area contributed by atoms with Gasteiger partial charge in [0.25, 0.3) is 0 Å². The first kappa shape index (κ1) is 25.2. The molecular weight excluding hydrogens is 489 g/mol. The third-order valence-corrected chi connectivity index (χ3v) is 6.97. The highest BCUT2D eigenvalue weighted by Gasteiger charge is 2.20. The van der Waals surface area contributed by atoms with Crippen LogP contribution in [0, 0.1) is 0 Å². The van der Waals surface area contributed by atoms with E-state index in [0.29, 0.717) is 5.75 Å². The molecule has 6 aromatic carbocycles. The van der Waals surface area contributed by atoms with Crippen molar-refractivity contribution in [2.45, 2.75) is 0 Å². The number of benzene rings is 6. The summed E-state index contributed by atoms with van der Waals surface area (Å²) in [5.74, 6) is 0.549. The minimum absolute atomic E-state index is 0.549. The van der Waals surface area contributed by atoms with Crippen LogP contribution in [0.2, 0.25) is 0 Å². The number of hydrogen-bond acceptors (Lipinski definition) is 3. The fourth-order valence-corrected chi connectivity index (χ4v) is 5.03. The fourth-order valence-electron chi connectivity index (χ4n) is 5.03. The molecule has 0 saturated heterocycles. The highest BCUT2D eigenvalue weighted by atomic mass is 16.5. The molecule has 0 aliphatic carbocycles. The number of hydrogen-bond donors (Lipinski definition) is 1. The van der Waals surface area contributed by atoms with E-state index in [4.69, 9.17) is 4.65 Å². The molecule has 1 N–H and O–H groups in total. The average molecular weight is 516 g/mol. The highest BCUT2D eigenvalue weighted by Crippen LogP contribution is 2.44. The van der Waals surface area contributed by atoms with E-state index in [1.54, 1.807) is 0 Å². The summed E-state index contributed by atoms with van der Waals surface area (Å²) >= 11 is 0. The van der Waals surface area contributed by atoms with Gasteiger partial charge in [-0.2, -0.15) is 0 Å². The van der Waals surface area contributed by atoms with Crippen LogP contribution in [0.15, 0.2) is 158 Å². The van der Waals surface area contributed by atoms with Gasteiger partial charge in [0.2, 0.25) is 0 Å². The van der Waals surface area contributed by atoms with Crippen LogP contribution in [0.4, 0.5) is 17.1 Å². The molecule has 0 bridgehead atoms. The van der Waals surface area contributed by atoms with Crippen molar-refractivity contribution in [1.82, 2.24) is 0 Å². The lowest BCUT2D eigenvalue weighted by molar-refractivity contribution is 0.454. The molecule has 0 amide bonds. The third kappa shape index (κ3) is 5.26. The molecule has 0 aliphatic rings. The molecule has 3 nitrogen and oxygen atoms in total. The third-order valence-electron chi connectivity index (χ3n) is 6.97. The van der Waals surface area contributed by atoms with Gasteiger partial charge >= 0.3 is 7.69 Å². The van der Waals surface area contributed by atoms with Gasteiger partial charge in [-0.3, -0.25) is 0 Å². The van der Waals surface area contributed by atoms with Crippen LogP contribution in [-0.4, -0.2) is 12.7 Å². The molecule has 0 aliphatic heterocycles. The van der Waals surface area contributed by atoms with E-state index in [9.17, 15) is 5.02 Å². The molecule has 0 atom stereocenters. The summed E-state index contributed by atoms with van der Waals surface area (Å²) < 4.78 is 5.54. The van der Waals surface area contributed by atoms with E-state index < -0.39 is 0 Å². The largest absolute Gasteiger partial charge is 0.569 e. The van der Waals surface area contributed by atoms with E-state index in [-0.39, 0.29) is 0 Å². The second-order valence-electron chi connectivity index (χ2n) is 9.40. The first-order chi connectivity index (χ1) is 19.8. The molecule has 1 radical (unpaired) electrons. The Kier molecular flexibility index (Phi) is 7.43. The maximum absolute atomic E-state index is 9.49. The van der Waals surface area contributed by atoms with Crippen molar-refractivity contribution < 1.29 is 9.68 Å².